The SMILES string of the molecule is CC(C)(C)C(=O)Cc1nc(Cc2ccc(Cl)cc2Cl)no1. The number of nitrogens with zero attached hydrogens (tertiary/aromatic N) is 2. The van der Waals surface area contributed by atoms with Crippen molar-refractivity contribution in [3.63, 3.8) is 0 Å². The molecule has 0 fully saturated rings. The van der Waals surface area contributed by atoms with Gasteiger partial charge in [-0.15, -0.1) is 0 Å². The van der Waals surface area contributed by atoms with E-state index in [4.69, 9.17) is 27.7 Å². The maximum Gasteiger partial charge on any atom is 0.234 e. The number of carbonyl (C=O) groups is 1. The van der Waals surface area contributed by atoms with Crippen LogP contribution in [0.25, 0.3) is 0 Å². The van der Waals surface area contributed by atoms with Gasteiger partial charge in [0.05, 0.1) is 6.42 Å². The standard InChI is InChI=1S/C15H16Cl2N2O2/c1-15(2,3)12(20)8-14-18-13(19-21-14)6-9-4-5-10(16)7-11(9)17/h4-5,7H,6,8H2,1-3H3. The van der Waals surface area contributed by atoms with E-state index in [1.807, 2.05) is 26.8 Å². The van der Waals surface area contributed by atoms with Gasteiger partial charge in [-0.05, 0) is 17.7 Å². The number of Topliss-reactive ketones (excluding diaryl/α,β-unsaturated/α-hetero) is 1. The molecule has 0 aliphatic rings. The van der Waals surface area contributed by atoms with Crippen molar-refractivity contribution in [2.75, 3.05) is 0 Å². The summed E-state index contributed by atoms with van der Waals surface area (Å²) in [7, 11) is 0. The Morgan fingerprint density at radius 3 is 2.62 bits per heavy atom. The van der Waals surface area contributed by atoms with Crippen LogP contribution in [-0.2, 0) is 17.6 Å². The monoisotopic (exact) mass is 326 g/mol. The van der Waals surface area contributed by atoms with Crippen LogP contribution >= 0.6 is 23.2 Å². The van der Waals surface area contributed by atoms with Gasteiger partial charge in [0.15, 0.2) is 5.82 Å². The molecule has 0 N–H and O–H groups in total. The molecule has 6 heteroatoms. The van der Waals surface area contributed by atoms with Crippen molar-refractivity contribution >= 4 is 29.0 Å². The summed E-state index contributed by atoms with van der Waals surface area (Å²) in [5, 5.41) is 5.01. The van der Waals surface area contributed by atoms with Gasteiger partial charge in [-0.3, -0.25) is 4.79 Å². The lowest BCUT2D eigenvalue weighted by Crippen LogP contribution is -2.22. The Morgan fingerprint density at radius 1 is 1.29 bits per heavy atom. The van der Waals surface area contributed by atoms with E-state index < -0.39 is 5.41 Å². The first-order chi connectivity index (χ1) is 9.75. The fraction of sp³-hybridized carbons (Fsp3) is 0.400. The molecule has 21 heavy (non-hydrogen) atoms. The minimum atomic E-state index is -0.422. The highest BCUT2D eigenvalue weighted by Gasteiger charge is 2.23. The van der Waals surface area contributed by atoms with Crippen LogP contribution in [0, 0.1) is 5.41 Å². The van der Waals surface area contributed by atoms with Crippen LogP contribution in [0.3, 0.4) is 0 Å². The van der Waals surface area contributed by atoms with Gasteiger partial charge in [-0.25, -0.2) is 0 Å². The summed E-state index contributed by atoms with van der Waals surface area (Å²) in [6.45, 7) is 5.58. The van der Waals surface area contributed by atoms with Crippen LogP contribution < -0.4 is 0 Å². The number of benzene rings is 1. The van der Waals surface area contributed by atoms with Crippen molar-refractivity contribution in [1.82, 2.24) is 10.1 Å². The number of hydrogen-bond acceptors (Lipinski definition) is 4. The normalized spacial score (nSPS) is 11.7. The van der Waals surface area contributed by atoms with Crippen LogP contribution in [0.5, 0.6) is 0 Å². The van der Waals surface area contributed by atoms with Gasteiger partial charge in [0.2, 0.25) is 5.89 Å². The fourth-order valence-electron chi connectivity index (χ4n) is 1.67. The Morgan fingerprint density at radius 2 is 2.00 bits per heavy atom. The minimum Gasteiger partial charge on any atom is -0.339 e. The zero-order chi connectivity index (χ0) is 15.6. The number of carbonyl (C=O) groups excluding carboxylic acids is 1. The molecule has 1 aromatic heterocycles. The van der Waals surface area contributed by atoms with Crippen molar-refractivity contribution in [2.24, 2.45) is 5.41 Å². The second-order valence-electron chi connectivity index (χ2n) is 5.87. The molecule has 0 aliphatic heterocycles. The van der Waals surface area contributed by atoms with Crippen molar-refractivity contribution in [3.8, 4) is 0 Å². The van der Waals surface area contributed by atoms with Gasteiger partial charge in [-0.1, -0.05) is 55.2 Å². The highest BCUT2D eigenvalue weighted by atomic mass is 35.5. The van der Waals surface area contributed by atoms with Crippen LogP contribution in [0.1, 0.15) is 38.0 Å². The van der Waals surface area contributed by atoms with E-state index >= 15 is 0 Å². The summed E-state index contributed by atoms with van der Waals surface area (Å²) in [4.78, 5) is 16.2. The Labute approximate surface area is 133 Å². The zero-order valence-corrected chi connectivity index (χ0v) is 13.6. The van der Waals surface area contributed by atoms with E-state index in [2.05, 4.69) is 10.1 Å². The summed E-state index contributed by atoms with van der Waals surface area (Å²) >= 11 is 12.0. The summed E-state index contributed by atoms with van der Waals surface area (Å²) in [6.07, 6.45) is 0.577. The molecular formula is C15H16Cl2N2O2. The molecule has 0 unspecified atom stereocenters. The molecule has 0 atom stereocenters. The Bertz CT molecular complexity index is 660. The molecular weight excluding hydrogens is 311 g/mol. The fourth-order valence-corrected chi connectivity index (χ4v) is 2.15. The number of hydrogen-bond donors (Lipinski definition) is 0. The van der Waals surface area contributed by atoms with Gasteiger partial charge in [0.1, 0.15) is 5.78 Å². The predicted octanol–water partition coefficient (Wildman–Crippen LogP) is 4.12. The van der Waals surface area contributed by atoms with E-state index in [-0.39, 0.29) is 12.2 Å². The number of ketones is 1. The third-order valence-electron chi connectivity index (χ3n) is 3.02. The van der Waals surface area contributed by atoms with Crippen LogP contribution in [-0.4, -0.2) is 15.9 Å². The molecule has 0 spiro atoms. The van der Waals surface area contributed by atoms with E-state index in [0.717, 1.165) is 5.56 Å². The molecule has 112 valence electrons. The average Bonchev–Trinajstić information content (AvgIpc) is 2.79. The van der Waals surface area contributed by atoms with Crippen molar-refractivity contribution in [1.29, 1.82) is 0 Å². The third kappa shape index (κ3) is 4.29. The molecule has 0 radical (unpaired) electrons. The van der Waals surface area contributed by atoms with Crippen molar-refractivity contribution < 1.29 is 9.32 Å². The predicted molar refractivity (Wildman–Crippen MR) is 81.7 cm³/mol. The summed E-state index contributed by atoms with van der Waals surface area (Å²) in [6, 6.07) is 5.25. The Kier molecular flexibility index (Phi) is 4.69. The highest BCUT2D eigenvalue weighted by Crippen LogP contribution is 2.23. The summed E-state index contributed by atoms with van der Waals surface area (Å²) in [5.41, 5.74) is 0.435. The lowest BCUT2D eigenvalue weighted by Gasteiger charge is -2.14. The average molecular weight is 327 g/mol. The van der Waals surface area contributed by atoms with Gasteiger partial charge in [0.25, 0.3) is 0 Å². The van der Waals surface area contributed by atoms with Gasteiger partial charge in [-0.2, -0.15) is 4.98 Å². The molecule has 0 aliphatic carbocycles. The smallest absolute Gasteiger partial charge is 0.234 e. The van der Waals surface area contributed by atoms with Gasteiger partial charge in [0, 0.05) is 21.9 Å². The van der Waals surface area contributed by atoms with Crippen molar-refractivity contribution in [2.45, 2.75) is 33.6 Å². The molecule has 2 rings (SSSR count). The van der Waals surface area contributed by atoms with E-state index in [0.29, 0.717) is 28.2 Å². The quantitative estimate of drug-likeness (QED) is 0.847. The zero-order valence-electron chi connectivity index (χ0n) is 12.1. The molecule has 4 nitrogen and oxygen atoms in total. The summed E-state index contributed by atoms with van der Waals surface area (Å²) < 4.78 is 5.12. The Hall–Kier alpha value is -1.39. The highest BCUT2D eigenvalue weighted by molar-refractivity contribution is 6.35. The van der Waals surface area contributed by atoms with Gasteiger partial charge < -0.3 is 4.52 Å². The van der Waals surface area contributed by atoms with E-state index in [9.17, 15) is 4.79 Å². The second-order valence-corrected chi connectivity index (χ2v) is 6.71. The Balaban J connectivity index is 2.08. The maximum atomic E-state index is 11.9. The van der Waals surface area contributed by atoms with Crippen molar-refractivity contribution in [3.05, 3.63) is 45.5 Å². The first-order valence-corrected chi connectivity index (χ1v) is 7.30. The van der Waals surface area contributed by atoms with E-state index in [1.54, 1.807) is 12.1 Å². The van der Waals surface area contributed by atoms with Gasteiger partial charge >= 0.3 is 0 Å². The second kappa shape index (κ2) is 6.16. The summed E-state index contributed by atoms with van der Waals surface area (Å²) in [5.74, 6) is 0.883. The molecule has 1 aromatic carbocycles. The molecule has 0 amide bonds. The van der Waals surface area contributed by atoms with Crippen LogP contribution in [0.4, 0.5) is 0 Å². The number of halogens is 2. The molecule has 0 saturated heterocycles. The minimum absolute atomic E-state index is 0.0576. The molecule has 1 heterocycles. The topological polar surface area (TPSA) is 56.0 Å². The first kappa shape index (κ1) is 16.0. The lowest BCUT2D eigenvalue weighted by molar-refractivity contribution is -0.125. The maximum absolute atomic E-state index is 11.9. The number of rotatable bonds is 4. The number of aromatic nitrogens is 2. The molecule has 2 aromatic rings. The lowest BCUT2D eigenvalue weighted by atomic mass is 9.89. The van der Waals surface area contributed by atoms with Crippen LogP contribution in [0.2, 0.25) is 10.0 Å². The molecule has 0 saturated carbocycles. The first-order valence-electron chi connectivity index (χ1n) is 6.54. The molecule has 0 bridgehead atoms. The van der Waals surface area contributed by atoms with E-state index in [1.165, 1.54) is 0 Å². The third-order valence-corrected chi connectivity index (χ3v) is 3.61. The van der Waals surface area contributed by atoms with Crippen LogP contribution in [0.15, 0.2) is 22.7 Å². The largest absolute Gasteiger partial charge is 0.339 e.